The molecule has 0 aliphatic rings. The maximum absolute atomic E-state index is 5.87. The Morgan fingerprint density at radius 2 is 1.83 bits per heavy atom. The highest BCUT2D eigenvalue weighted by molar-refractivity contribution is 9.10. The lowest BCUT2D eigenvalue weighted by atomic mass is 10.2. The van der Waals surface area contributed by atoms with Gasteiger partial charge in [-0.3, -0.25) is 0 Å². The Kier molecular flexibility index (Phi) is 4.43. The average molecular weight is 388 g/mol. The smallest absolute Gasteiger partial charge is 0.233 e. The zero-order chi connectivity index (χ0) is 17.1. The fraction of sp³-hybridized carbons (Fsp3) is 0.0667. The maximum atomic E-state index is 5.87. The number of nitrogens with two attached hydrogens (primary N) is 2. The van der Waals surface area contributed by atoms with E-state index < -0.39 is 0 Å². The molecule has 8 nitrogen and oxygen atoms in total. The van der Waals surface area contributed by atoms with Crippen LogP contribution in [0.1, 0.15) is 5.56 Å². The van der Waals surface area contributed by atoms with Gasteiger partial charge in [0, 0.05) is 18.0 Å². The predicted octanol–water partition coefficient (Wildman–Crippen LogP) is 3.04. The topological polar surface area (TPSA) is 125 Å². The zero-order valence-corrected chi connectivity index (χ0v) is 14.3. The van der Waals surface area contributed by atoms with E-state index in [2.05, 4.69) is 41.2 Å². The van der Waals surface area contributed by atoms with E-state index in [1.165, 1.54) is 0 Å². The molecular formula is C15H14BrN7O. The summed E-state index contributed by atoms with van der Waals surface area (Å²) in [5, 5.41) is 3.02. The third-order valence-corrected chi connectivity index (χ3v) is 3.65. The Hall–Kier alpha value is -2.94. The van der Waals surface area contributed by atoms with Crippen molar-refractivity contribution in [2.24, 2.45) is 0 Å². The van der Waals surface area contributed by atoms with Crippen molar-refractivity contribution in [3.8, 4) is 11.6 Å². The van der Waals surface area contributed by atoms with Crippen molar-refractivity contribution >= 4 is 39.5 Å². The molecular weight excluding hydrogens is 374 g/mol. The number of hydrogen-bond donors (Lipinski definition) is 3. The molecule has 0 saturated carbocycles. The maximum Gasteiger partial charge on any atom is 0.233 e. The van der Waals surface area contributed by atoms with E-state index in [1.54, 1.807) is 6.20 Å². The standard InChI is InChI=1S/C15H14BrN7O/c1-8-4-5-9(20-15-22-13(17)21-14(18)23-15)7-11(8)24-12-10(16)3-2-6-19-12/h2-7H,1H3,(H5,17,18,20,21,22,23). The molecule has 0 aliphatic heterocycles. The lowest BCUT2D eigenvalue weighted by Crippen LogP contribution is -2.06. The van der Waals surface area contributed by atoms with Crippen LogP contribution >= 0.6 is 15.9 Å². The number of benzene rings is 1. The van der Waals surface area contributed by atoms with Crippen molar-refractivity contribution in [2.45, 2.75) is 6.92 Å². The lowest BCUT2D eigenvalue weighted by molar-refractivity contribution is 0.456. The van der Waals surface area contributed by atoms with Gasteiger partial charge in [0.25, 0.3) is 0 Å². The number of anilines is 4. The summed E-state index contributed by atoms with van der Waals surface area (Å²) in [6, 6.07) is 9.26. The molecule has 2 aromatic heterocycles. The SMILES string of the molecule is Cc1ccc(Nc2nc(N)nc(N)n2)cc1Oc1ncccc1Br. The minimum atomic E-state index is 0.0472. The normalized spacial score (nSPS) is 10.4. The van der Waals surface area contributed by atoms with Gasteiger partial charge >= 0.3 is 0 Å². The molecule has 2 heterocycles. The zero-order valence-electron chi connectivity index (χ0n) is 12.7. The number of nitrogens with zero attached hydrogens (tertiary/aromatic N) is 4. The molecule has 5 N–H and O–H groups in total. The average Bonchev–Trinajstić information content (AvgIpc) is 2.52. The second-order valence-electron chi connectivity index (χ2n) is 4.87. The molecule has 24 heavy (non-hydrogen) atoms. The third-order valence-electron chi connectivity index (χ3n) is 3.05. The molecule has 3 rings (SSSR count). The number of rotatable bonds is 4. The Balaban J connectivity index is 1.87. The van der Waals surface area contributed by atoms with Crippen molar-refractivity contribution in [1.29, 1.82) is 0 Å². The van der Waals surface area contributed by atoms with Gasteiger partial charge in [-0.25, -0.2) is 4.98 Å². The van der Waals surface area contributed by atoms with Crippen LogP contribution in [0.2, 0.25) is 0 Å². The third kappa shape index (κ3) is 3.69. The second-order valence-corrected chi connectivity index (χ2v) is 5.73. The van der Waals surface area contributed by atoms with Gasteiger partial charge in [0.05, 0.1) is 4.47 Å². The number of aryl methyl sites for hydroxylation is 1. The van der Waals surface area contributed by atoms with Gasteiger partial charge < -0.3 is 21.5 Å². The molecule has 0 radical (unpaired) electrons. The fourth-order valence-electron chi connectivity index (χ4n) is 1.93. The number of hydrogen-bond acceptors (Lipinski definition) is 8. The van der Waals surface area contributed by atoms with Crippen molar-refractivity contribution in [3.63, 3.8) is 0 Å². The molecule has 0 unspecified atom stereocenters. The van der Waals surface area contributed by atoms with Crippen LogP contribution in [0.15, 0.2) is 41.0 Å². The van der Waals surface area contributed by atoms with Crippen LogP contribution in [0.4, 0.5) is 23.5 Å². The van der Waals surface area contributed by atoms with E-state index in [9.17, 15) is 0 Å². The number of pyridine rings is 1. The van der Waals surface area contributed by atoms with E-state index in [1.807, 2.05) is 37.3 Å². The highest BCUT2D eigenvalue weighted by Gasteiger charge is 2.09. The summed E-state index contributed by atoms with van der Waals surface area (Å²) in [7, 11) is 0. The number of halogens is 1. The molecule has 0 fully saturated rings. The van der Waals surface area contributed by atoms with Gasteiger partial charge in [0.2, 0.25) is 23.7 Å². The molecule has 122 valence electrons. The minimum Gasteiger partial charge on any atom is -0.438 e. The number of nitrogen functional groups attached to an aromatic ring is 2. The predicted molar refractivity (Wildman–Crippen MR) is 95.1 cm³/mol. The van der Waals surface area contributed by atoms with Crippen molar-refractivity contribution in [3.05, 3.63) is 46.6 Å². The van der Waals surface area contributed by atoms with E-state index in [4.69, 9.17) is 16.2 Å². The Morgan fingerprint density at radius 3 is 2.54 bits per heavy atom. The lowest BCUT2D eigenvalue weighted by Gasteiger charge is -2.12. The second kappa shape index (κ2) is 6.67. The first-order valence-corrected chi connectivity index (χ1v) is 7.73. The van der Waals surface area contributed by atoms with Crippen LogP contribution in [0.3, 0.4) is 0 Å². The monoisotopic (exact) mass is 387 g/mol. The highest BCUT2D eigenvalue weighted by Crippen LogP contribution is 2.31. The molecule has 0 amide bonds. The van der Waals surface area contributed by atoms with Crippen molar-refractivity contribution in [1.82, 2.24) is 19.9 Å². The number of aromatic nitrogens is 4. The summed E-state index contributed by atoms with van der Waals surface area (Å²) < 4.78 is 6.63. The van der Waals surface area contributed by atoms with E-state index in [0.717, 1.165) is 10.0 Å². The Labute approximate surface area is 146 Å². The quantitative estimate of drug-likeness (QED) is 0.623. The molecule has 0 saturated heterocycles. The van der Waals surface area contributed by atoms with Gasteiger partial charge in [0.15, 0.2) is 0 Å². The molecule has 3 aromatic rings. The first kappa shape index (κ1) is 15.9. The summed E-state index contributed by atoms with van der Waals surface area (Å²) in [5.41, 5.74) is 12.8. The van der Waals surface area contributed by atoms with Crippen LogP contribution in [0, 0.1) is 6.92 Å². The summed E-state index contributed by atoms with van der Waals surface area (Å²) >= 11 is 3.41. The first-order valence-electron chi connectivity index (χ1n) is 6.94. The van der Waals surface area contributed by atoms with Gasteiger partial charge in [-0.05, 0) is 46.6 Å². The van der Waals surface area contributed by atoms with E-state index >= 15 is 0 Å². The molecule has 0 spiro atoms. The molecule has 0 atom stereocenters. The molecule has 1 aromatic carbocycles. The fourth-order valence-corrected chi connectivity index (χ4v) is 2.27. The van der Waals surface area contributed by atoms with Crippen molar-refractivity contribution < 1.29 is 4.74 Å². The Bertz CT molecular complexity index is 867. The molecule has 0 aliphatic carbocycles. The number of nitrogens with one attached hydrogen (secondary N) is 1. The Morgan fingerprint density at radius 1 is 1.08 bits per heavy atom. The largest absolute Gasteiger partial charge is 0.438 e. The number of ether oxygens (including phenoxy) is 1. The first-order chi connectivity index (χ1) is 11.5. The van der Waals surface area contributed by atoms with Crippen LogP contribution in [0.5, 0.6) is 11.6 Å². The minimum absolute atomic E-state index is 0.0472. The summed E-state index contributed by atoms with van der Waals surface area (Å²) in [6.45, 7) is 1.94. The van der Waals surface area contributed by atoms with E-state index in [-0.39, 0.29) is 17.8 Å². The van der Waals surface area contributed by atoms with Gasteiger partial charge in [-0.2, -0.15) is 15.0 Å². The van der Waals surface area contributed by atoms with Crippen LogP contribution in [0.25, 0.3) is 0 Å². The van der Waals surface area contributed by atoms with Gasteiger partial charge in [0.1, 0.15) is 5.75 Å². The summed E-state index contributed by atoms with van der Waals surface area (Å²) in [5.74, 6) is 1.48. The van der Waals surface area contributed by atoms with Crippen molar-refractivity contribution in [2.75, 3.05) is 16.8 Å². The van der Waals surface area contributed by atoms with Gasteiger partial charge in [-0.1, -0.05) is 6.07 Å². The van der Waals surface area contributed by atoms with Crippen LogP contribution < -0.4 is 21.5 Å². The van der Waals surface area contributed by atoms with Gasteiger partial charge in [-0.15, -0.1) is 0 Å². The molecule has 9 heteroatoms. The van der Waals surface area contributed by atoms with Crippen LogP contribution in [-0.4, -0.2) is 19.9 Å². The molecule has 0 bridgehead atoms. The van der Waals surface area contributed by atoms with E-state index in [0.29, 0.717) is 17.3 Å². The summed E-state index contributed by atoms with van der Waals surface area (Å²) in [4.78, 5) is 15.9. The highest BCUT2D eigenvalue weighted by atomic mass is 79.9. The summed E-state index contributed by atoms with van der Waals surface area (Å²) in [6.07, 6.45) is 1.66. The van der Waals surface area contributed by atoms with Crippen LogP contribution in [-0.2, 0) is 0 Å².